The number of thioether (sulfide) groups is 1. The third kappa shape index (κ3) is 5.79. The molecule has 142 valence electrons. The summed E-state index contributed by atoms with van der Waals surface area (Å²) in [6.07, 6.45) is 0. The molecule has 0 unspecified atom stereocenters. The molecular formula is C23H21FN2OS. The lowest BCUT2D eigenvalue weighted by molar-refractivity contribution is 0.0955. The van der Waals surface area contributed by atoms with E-state index in [2.05, 4.69) is 22.7 Å². The summed E-state index contributed by atoms with van der Waals surface area (Å²) < 4.78 is 13.0. The maximum absolute atomic E-state index is 13.0. The Morgan fingerprint density at radius 1 is 0.857 bits per heavy atom. The number of carbonyl (C=O) groups is 1. The van der Waals surface area contributed by atoms with Gasteiger partial charge in [-0.2, -0.15) is 16.9 Å². The van der Waals surface area contributed by atoms with Gasteiger partial charge in [-0.3, -0.25) is 4.79 Å². The van der Waals surface area contributed by atoms with E-state index in [4.69, 9.17) is 0 Å². The van der Waals surface area contributed by atoms with Crippen LogP contribution in [0.25, 0.3) is 0 Å². The van der Waals surface area contributed by atoms with Crippen molar-refractivity contribution in [3.8, 4) is 0 Å². The minimum atomic E-state index is -0.303. The van der Waals surface area contributed by atoms with Gasteiger partial charge in [0.25, 0.3) is 5.91 Å². The van der Waals surface area contributed by atoms with Crippen LogP contribution in [0.1, 0.15) is 34.0 Å². The van der Waals surface area contributed by atoms with Crippen molar-refractivity contribution in [2.24, 2.45) is 5.10 Å². The van der Waals surface area contributed by atoms with Gasteiger partial charge in [-0.05, 0) is 47.9 Å². The number of hydrogen-bond acceptors (Lipinski definition) is 3. The van der Waals surface area contributed by atoms with Crippen molar-refractivity contribution in [2.45, 2.75) is 18.4 Å². The molecule has 3 aromatic rings. The second kappa shape index (κ2) is 9.85. The van der Waals surface area contributed by atoms with Crippen LogP contribution in [0.15, 0.2) is 84.0 Å². The van der Waals surface area contributed by atoms with Crippen molar-refractivity contribution in [1.29, 1.82) is 0 Å². The summed E-state index contributed by atoms with van der Waals surface area (Å²) in [5.41, 5.74) is 6.94. The normalized spacial score (nSPS) is 11.3. The summed E-state index contributed by atoms with van der Waals surface area (Å²) in [7, 11) is 0. The Morgan fingerprint density at radius 2 is 1.43 bits per heavy atom. The molecule has 3 rings (SSSR count). The first-order valence-corrected chi connectivity index (χ1v) is 10.1. The van der Waals surface area contributed by atoms with E-state index >= 15 is 0 Å². The van der Waals surface area contributed by atoms with E-state index in [-0.39, 0.29) is 11.7 Å². The molecule has 0 saturated heterocycles. The lowest BCUT2D eigenvalue weighted by Crippen LogP contribution is -2.19. The fraction of sp³-hybridized carbons (Fsp3) is 0.130. The van der Waals surface area contributed by atoms with Crippen LogP contribution in [0, 0.1) is 5.82 Å². The SMILES string of the molecule is C/C(=N\NC(=O)c1ccc(CSCc2ccccc2)cc1)c1ccc(F)cc1. The van der Waals surface area contributed by atoms with Crippen LogP contribution in [-0.4, -0.2) is 11.6 Å². The molecule has 0 spiro atoms. The summed E-state index contributed by atoms with van der Waals surface area (Å²) in [6, 6.07) is 23.9. The van der Waals surface area contributed by atoms with Crippen LogP contribution >= 0.6 is 11.8 Å². The number of rotatable bonds is 7. The average molecular weight is 392 g/mol. The number of halogens is 1. The van der Waals surface area contributed by atoms with Gasteiger partial charge in [0.1, 0.15) is 5.82 Å². The van der Waals surface area contributed by atoms with Crippen LogP contribution in [0.2, 0.25) is 0 Å². The first-order valence-electron chi connectivity index (χ1n) is 8.93. The van der Waals surface area contributed by atoms with Gasteiger partial charge in [0.15, 0.2) is 0 Å². The van der Waals surface area contributed by atoms with Gasteiger partial charge in [-0.1, -0.05) is 54.6 Å². The number of carbonyl (C=O) groups excluding carboxylic acids is 1. The quantitative estimate of drug-likeness (QED) is 0.431. The number of nitrogens with zero attached hydrogens (tertiary/aromatic N) is 1. The number of amides is 1. The summed E-state index contributed by atoms with van der Waals surface area (Å²) >= 11 is 1.84. The molecule has 0 heterocycles. The number of hydrazone groups is 1. The Labute approximate surface area is 168 Å². The largest absolute Gasteiger partial charge is 0.271 e. The number of hydrogen-bond donors (Lipinski definition) is 1. The highest BCUT2D eigenvalue weighted by molar-refractivity contribution is 7.97. The van der Waals surface area contributed by atoms with Crippen molar-refractivity contribution < 1.29 is 9.18 Å². The van der Waals surface area contributed by atoms with Gasteiger partial charge in [-0.15, -0.1) is 0 Å². The summed E-state index contributed by atoms with van der Waals surface area (Å²) in [5.74, 6) is 1.27. The minimum absolute atomic E-state index is 0.273. The molecule has 0 aliphatic carbocycles. The maximum Gasteiger partial charge on any atom is 0.271 e. The zero-order valence-electron chi connectivity index (χ0n) is 15.6. The predicted octanol–water partition coefficient (Wildman–Crippen LogP) is 5.41. The monoisotopic (exact) mass is 392 g/mol. The molecule has 1 N–H and O–H groups in total. The smallest absolute Gasteiger partial charge is 0.267 e. The molecule has 0 bridgehead atoms. The molecule has 0 aliphatic rings. The summed E-state index contributed by atoms with van der Waals surface area (Å²) in [5, 5.41) is 4.10. The highest BCUT2D eigenvalue weighted by atomic mass is 32.2. The van der Waals surface area contributed by atoms with Gasteiger partial charge in [0, 0.05) is 17.1 Å². The Kier molecular flexibility index (Phi) is 6.98. The number of nitrogens with one attached hydrogen (secondary N) is 1. The van der Waals surface area contributed by atoms with Gasteiger partial charge < -0.3 is 0 Å². The van der Waals surface area contributed by atoms with Crippen molar-refractivity contribution in [3.63, 3.8) is 0 Å². The Morgan fingerprint density at radius 3 is 2.07 bits per heavy atom. The van der Waals surface area contributed by atoms with Gasteiger partial charge in [0.05, 0.1) is 5.71 Å². The highest BCUT2D eigenvalue weighted by Gasteiger charge is 2.05. The lowest BCUT2D eigenvalue weighted by atomic mass is 10.1. The zero-order chi connectivity index (χ0) is 19.8. The van der Waals surface area contributed by atoms with E-state index in [0.29, 0.717) is 11.3 Å². The zero-order valence-corrected chi connectivity index (χ0v) is 16.4. The molecule has 0 aromatic heterocycles. The third-order valence-corrected chi connectivity index (χ3v) is 5.26. The minimum Gasteiger partial charge on any atom is -0.267 e. The molecular weight excluding hydrogens is 371 g/mol. The second-order valence-corrected chi connectivity index (χ2v) is 7.31. The first-order chi connectivity index (χ1) is 13.6. The average Bonchev–Trinajstić information content (AvgIpc) is 2.73. The van der Waals surface area contributed by atoms with Gasteiger partial charge >= 0.3 is 0 Å². The van der Waals surface area contributed by atoms with E-state index in [0.717, 1.165) is 17.1 Å². The Bertz CT molecular complexity index is 939. The molecule has 3 nitrogen and oxygen atoms in total. The topological polar surface area (TPSA) is 41.5 Å². The van der Waals surface area contributed by atoms with Crippen LogP contribution < -0.4 is 5.43 Å². The van der Waals surface area contributed by atoms with E-state index in [1.54, 1.807) is 31.2 Å². The van der Waals surface area contributed by atoms with E-state index in [9.17, 15) is 9.18 Å². The molecule has 5 heteroatoms. The molecule has 0 fully saturated rings. The van der Waals surface area contributed by atoms with Crippen molar-refractivity contribution in [3.05, 3.63) is 107 Å². The Hall–Kier alpha value is -2.92. The van der Waals surface area contributed by atoms with Crippen LogP contribution in [0.5, 0.6) is 0 Å². The van der Waals surface area contributed by atoms with Crippen molar-refractivity contribution in [2.75, 3.05) is 0 Å². The van der Waals surface area contributed by atoms with Crippen LogP contribution in [-0.2, 0) is 11.5 Å². The first kappa shape index (κ1) is 19.8. The fourth-order valence-corrected chi connectivity index (χ4v) is 3.53. The summed E-state index contributed by atoms with van der Waals surface area (Å²) in [4.78, 5) is 12.3. The molecule has 0 saturated carbocycles. The lowest BCUT2D eigenvalue weighted by Gasteiger charge is -2.05. The molecule has 0 atom stereocenters. The maximum atomic E-state index is 13.0. The van der Waals surface area contributed by atoms with Crippen molar-refractivity contribution >= 4 is 23.4 Å². The van der Waals surface area contributed by atoms with Crippen molar-refractivity contribution in [1.82, 2.24) is 5.43 Å². The van der Waals surface area contributed by atoms with Crippen LogP contribution in [0.4, 0.5) is 4.39 Å². The third-order valence-electron chi connectivity index (χ3n) is 4.18. The van der Waals surface area contributed by atoms with E-state index in [1.807, 2.05) is 42.1 Å². The predicted molar refractivity (Wildman–Crippen MR) is 114 cm³/mol. The van der Waals surface area contributed by atoms with E-state index < -0.39 is 0 Å². The van der Waals surface area contributed by atoms with Crippen LogP contribution in [0.3, 0.4) is 0 Å². The molecule has 3 aromatic carbocycles. The highest BCUT2D eigenvalue weighted by Crippen LogP contribution is 2.18. The summed E-state index contributed by atoms with van der Waals surface area (Å²) in [6.45, 7) is 1.76. The second-order valence-electron chi connectivity index (χ2n) is 6.32. The molecule has 1 amide bonds. The fourth-order valence-electron chi connectivity index (χ4n) is 2.57. The Balaban J connectivity index is 1.51. The van der Waals surface area contributed by atoms with Gasteiger partial charge in [0.2, 0.25) is 0 Å². The molecule has 0 radical (unpaired) electrons. The molecule has 0 aliphatic heterocycles. The van der Waals surface area contributed by atoms with E-state index in [1.165, 1.54) is 23.3 Å². The number of benzene rings is 3. The van der Waals surface area contributed by atoms with Gasteiger partial charge in [-0.25, -0.2) is 9.82 Å². The molecule has 28 heavy (non-hydrogen) atoms. The standard InChI is InChI=1S/C23H21FN2OS/c1-17(20-11-13-22(24)14-12-20)25-26-23(27)21-9-7-19(8-10-21)16-28-15-18-5-3-2-4-6-18/h2-14H,15-16H2,1H3,(H,26,27)/b25-17+.